The molecule has 0 aliphatic rings. The summed E-state index contributed by atoms with van der Waals surface area (Å²) < 4.78 is 34.4. The van der Waals surface area contributed by atoms with E-state index in [4.69, 9.17) is 16.3 Å². The topological polar surface area (TPSA) is 91.0 Å². The predicted octanol–water partition coefficient (Wildman–Crippen LogP) is 2.11. The van der Waals surface area contributed by atoms with E-state index in [0.717, 1.165) is 16.8 Å². The lowest BCUT2D eigenvalue weighted by atomic mass is 10.2. The fraction of sp³-hybridized carbons (Fsp3) is 0.222. The van der Waals surface area contributed by atoms with E-state index in [9.17, 15) is 18.4 Å². The first-order valence-corrected chi connectivity index (χ1v) is 8.78. The Balaban J connectivity index is 1.88. The second-order valence-electron chi connectivity index (χ2n) is 6.01. The van der Waals surface area contributed by atoms with Crippen LogP contribution in [0.15, 0.2) is 35.4 Å². The molecule has 2 heterocycles. The Morgan fingerprint density at radius 1 is 1.34 bits per heavy atom. The molecular formula is C18H16ClF2N5O3. The number of hydrogen-bond acceptors (Lipinski definition) is 6. The second kappa shape index (κ2) is 8.50. The zero-order chi connectivity index (χ0) is 21.1. The highest BCUT2D eigenvalue weighted by atomic mass is 35.5. The Morgan fingerprint density at radius 3 is 2.79 bits per heavy atom. The summed E-state index contributed by atoms with van der Waals surface area (Å²) in [7, 11) is 1.62. The molecule has 1 aromatic carbocycles. The molecular weight excluding hydrogens is 408 g/mol. The van der Waals surface area contributed by atoms with Gasteiger partial charge in [0.2, 0.25) is 5.88 Å². The van der Waals surface area contributed by atoms with Crippen molar-refractivity contribution in [1.82, 2.24) is 24.6 Å². The van der Waals surface area contributed by atoms with Gasteiger partial charge >= 0.3 is 0 Å². The van der Waals surface area contributed by atoms with Gasteiger partial charge in [-0.2, -0.15) is 10.1 Å². The van der Waals surface area contributed by atoms with Crippen LogP contribution < -0.4 is 15.6 Å². The summed E-state index contributed by atoms with van der Waals surface area (Å²) in [5.74, 6) is -1.79. The summed E-state index contributed by atoms with van der Waals surface area (Å²) in [5, 5.41) is 6.32. The molecule has 0 amide bonds. The number of rotatable bonds is 6. The third-order valence-corrected chi connectivity index (χ3v) is 4.28. The number of halogens is 3. The number of hydrogen-bond donors (Lipinski definition) is 1. The quantitative estimate of drug-likeness (QED) is 0.653. The number of carbonyl (C=O) groups is 1. The molecule has 0 fully saturated rings. The number of aromatic nitrogens is 4. The number of carbonyl (C=O) groups excluding carboxylic acids is 1. The molecule has 3 rings (SSSR count). The maximum Gasteiger partial charge on any atom is 0.280 e. The minimum absolute atomic E-state index is 0.0702. The Kier molecular flexibility index (Phi) is 6.04. The molecule has 0 aliphatic heterocycles. The highest BCUT2D eigenvalue weighted by molar-refractivity contribution is 6.31. The zero-order valence-corrected chi connectivity index (χ0v) is 16.2. The predicted molar refractivity (Wildman–Crippen MR) is 101 cm³/mol. The molecule has 1 N–H and O–H groups in total. The van der Waals surface area contributed by atoms with Gasteiger partial charge in [-0.1, -0.05) is 11.6 Å². The molecule has 3 aromatic rings. The van der Waals surface area contributed by atoms with E-state index < -0.39 is 17.2 Å². The van der Waals surface area contributed by atoms with Crippen molar-refractivity contribution in [3.63, 3.8) is 0 Å². The number of benzene rings is 1. The van der Waals surface area contributed by atoms with Gasteiger partial charge in [0, 0.05) is 11.6 Å². The average molecular weight is 424 g/mol. The van der Waals surface area contributed by atoms with E-state index in [1.807, 2.05) is 0 Å². The molecule has 0 radical (unpaired) electrons. The first-order chi connectivity index (χ1) is 13.8. The normalized spacial score (nSPS) is 10.9. The fourth-order valence-corrected chi connectivity index (χ4v) is 2.75. The summed E-state index contributed by atoms with van der Waals surface area (Å²) >= 11 is 6.09. The largest absolute Gasteiger partial charge is 0.471 e. The van der Waals surface area contributed by atoms with Gasteiger partial charge in [-0.25, -0.2) is 13.5 Å². The summed E-state index contributed by atoms with van der Waals surface area (Å²) in [6.07, 6.45) is 2.70. The lowest BCUT2D eigenvalue weighted by Crippen LogP contribution is -2.25. The van der Waals surface area contributed by atoms with E-state index in [-0.39, 0.29) is 41.3 Å². The summed E-state index contributed by atoms with van der Waals surface area (Å²) in [6, 6.07) is 3.04. The van der Waals surface area contributed by atoms with Crippen LogP contribution in [0.5, 0.6) is 5.88 Å². The van der Waals surface area contributed by atoms with Crippen molar-refractivity contribution in [2.75, 3.05) is 13.6 Å². The molecule has 8 nitrogen and oxygen atoms in total. The molecule has 2 aromatic heterocycles. The van der Waals surface area contributed by atoms with Gasteiger partial charge in [0.1, 0.15) is 24.1 Å². The molecule has 0 atom stereocenters. The standard InChI is InChI=1S/C18H16ClF2N5O3/c1-10-24-17(29-9-11-3-4-12(20)5-14(11)21)16(19)18(28)26(10)13-6-23-25(8-13)15(27)7-22-2/h3-6,8,22H,7,9H2,1-2H3. The maximum absolute atomic E-state index is 13.7. The summed E-state index contributed by atoms with van der Waals surface area (Å²) in [5.41, 5.74) is -0.271. The number of nitrogens with one attached hydrogen (secondary N) is 1. The molecule has 0 bridgehead atoms. The van der Waals surface area contributed by atoms with Crippen LogP contribution in [0.3, 0.4) is 0 Å². The molecule has 0 spiro atoms. The lowest BCUT2D eigenvalue weighted by Gasteiger charge is -2.12. The van der Waals surface area contributed by atoms with Crippen molar-refractivity contribution in [3.05, 3.63) is 69.0 Å². The van der Waals surface area contributed by atoms with Gasteiger partial charge < -0.3 is 10.1 Å². The number of aryl methyl sites for hydroxylation is 1. The van der Waals surface area contributed by atoms with E-state index in [0.29, 0.717) is 5.69 Å². The van der Waals surface area contributed by atoms with E-state index >= 15 is 0 Å². The van der Waals surface area contributed by atoms with E-state index in [1.165, 1.54) is 30.0 Å². The van der Waals surface area contributed by atoms with Crippen LogP contribution in [0.1, 0.15) is 16.2 Å². The number of nitrogens with zero attached hydrogens (tertiary/aromatic N) is 4. The fourth-order valence-electron chi connectivity index (χ4n) is 2.56. The monoisotopic (exact) mass is 423 g/mol. The van der Waals surface area contributed by atoms with E-state index in [1.54, 1.807) is 7.05 Å². The van der Waals surface area contributed by atoms with Crippen LogP contribution in [-0.4, -0.2) is 38.8 Å². The number of likely N-dealkylation sites (N-methyl/N-ethyl adjacent to an activating group) is 1. The van der Waals surface area contributed by atoms with Crippen LogP contribution in [-0.2, 0) is 6.61 Å². The molecule has 0 saturated heterocycles. The SMILES string of the molecule is CNCC(=O)n1cc(-n2c(C)nc(OCc3ccc(F)cc3F)c(Cl)c2=O)cn1. The second-order valence-corrected chi connectivity index (χ2v) is 6.39. The number of ether oxygens (including phenoxy) is 1. The lowest BCUT2D eigenvalue weighted by molar-refractivity contribution is 0.0899. The van der Waals surface area contributed by atoms with Crippen LogP contribution in [0.4, 0.5) is 8.78 Å². The van der Waals surface area contributed by atoms with Gasteiger partial charge in [0.15, 0.2) is 5.02 Å². The first kappa shape index (κ1) is 20.6. The van der Waals surface area contributed by atoms with Crippen LogP contribution in [0.2, 0.25) is 5.02 Å². The van der Waals surface area contributed by atoms with Crippen molar-refractivity contribution in [2.45, 2.75) is 13.5 Å². The van der Waals surface area contributed by atoms with Crippen molar-refractivity contribution in [3.8, 4) is 11.6 Å². The van der Waals surface area contributed by atoms with Gasteiger partial charge in [-0.15, -0.1) is 0 Å². The maximum atomic E-state index is 13.7. The first-order valence-electron chi connectivity index (χ1n) is 8.40. The van der Waals surface area contributed by atoms with Crippen LogP contribution in [0, 0.1) is 18.6 Å². The third kappa shape index (κ3) is 4.33. The minimum atomic E-state index is -0.787. The van der Waals surface area contributed by atoms with Gasteiger partial charge in [-0.05, 0) is 26.1 Å². The minimum Gasteiger partial charge on any atom is -0.471 e. The Hall–Kier alpha value is -3.11. The Morgan fingerprint density at radius 2 is 2.10 bits per heavy atom. The summed E-state index contributed by atoms with van der Waals surface area (Å²) in [4.78, 5) is 28.7. The van der Waals surface area contributed by atoms with E-state index in [2.05, 4.69) is 15.4 Å². The molecule has 0 aliphatic carbocycles. The van der Waals surface area contributed by atoms with Gasteiger partial charge in [0.25, 0.3) is 11.5 Å². The van der Waals surface area contributed by atoms with Crippen molar-refractivity contribution < 1.29 is 18.3 Å². The van der Waals surface area contributed by atoms with Gasteiger partial charge in [-0.3, -0.25) is 14.2 Å². The van der Waals surface area contributed by atoms with Crippen molar-refractivity contribution in [2.24, 2.45) is 0 Å². The summed E-state index contributed by atoms with van der Waals surface area (Å²) in [6.45, 7) is 1.31. The zero-order valence-electron chi connectivity index (χ0n) is 15.4. The van der Waals surface area contributed by atoms with Crippen LogP contribution in [0.25, 0.3) is 5.69 Å². The molecule has 29 heavy (non-hydrogen) atoms. The van der Waals surface area contributed by atoms with Gasteiger partial charge in [0.05, 0.1) is 24.6 Å². The van der Waals surface area contributed by atoms with Crippen molar-refractivity contribution >= 4 is 17.5 Å². The highest BCUT2D eigenvalue weighted by Gasteiger charge is 2.18. The third-order valence-electron chi connectivity index (χ3n) is 3.96. The van der Waals surface area contributed by atoms with Crippen molar-refractivity contribution in [1.29, 1.82) is 0 Å². The molecule has 0 unspecified atom stereocenters. The molecule has 152 valence electrons. The molecule has 0 saturated carbocycles. The highest BCUT2D eigenvalue weighted by Crippen LogP contribution is 2.21. The Bertz CT molecular complexity index is 1130. The smallest absolute Gasteiger partial charge is 0.280 e. The average Bonchev–Trinajstić information content (AvgIpc) is 3.15. The molecule has 11 heteroatoms. The Labute approximate surface area is 168 Å². The van der Waals surface area contributed by atoms with Crippen LogP contribution >= 0.6 is 11.6 Å².